The number of unbranched alkanes of at least 4 members (excludes halogenated alkanes) is 39. The van der Waals surface area contributed by atoms with Gasteiger partial charge in [0.15, 0.2) is 12.2 Å². The SMILES string of the molecule is CCC(C)CCCCCCCCCCC(=O)OC[C@H](COP(=O)(O)OC[C@H](O)COP(=O)(O)OC[C@@H](COC(=O)CCCCCCCCCCCCCCC(C)C)OC(=O)CCCCCCCCCCCCCCCCCC(C)C)OC(=O)CCCCCCCCCCC(C)CC. The quantitative estimate of drug-likeness (QED) is 0.0222. The fourth-order valence-corrected chi connectivity index (χ4v) is 13.4. The largest absolute Gasteiger partial charge is 0.472 e. The first kappa shape index (κ1) is 95.1. The Balaban J connectivity index is 5.27. The summed E-state index contributed by atoms with van der Waals surface area (Å²) in [5.74, 6) is 1.01. The molecular formula is C78H152O17P2. The standard InChI is InChI=1S/C78H152O17P2/c1-9-70(7)56-48-40-32-26-28-35-43-51-59-76(81)89-65-74(95-78(83)61-53-45-37-29-27-33-41-49-57-71(8)10-2)67-93-97(86,87)91-63-72(79)62-90-96(84,85)92-66-73(64-88-75(80)58-50-42-34-24-20-17-16-19-23-31-39-47-55-69(5)6)94-77(82)60-52-44-36-25-21-15-13-11-12-14-18-22-30-38-46-54-68(3)4/h68-74,79H,9-67H2,1-8H3,(H,84,85)(H,86,87)/t70?,71?,72-,73-,74-/m1/s1. The maximum Gasteiger partial charge on any atom is 0.472 e. The van der Waals surface area contributed by atoms with Gasteiger partial charge in [0.2, 0.25) is 0 Å². The van der Waals surface area contributed by atoms with Crippen LogP contribution >= 0.6 is 15.6 Å². The molecule has 0 aromatic rings. The van der Waals surface area contributed by atoms with Crippen molar-refractivity contribution in [3.8, 4) is 0 Å². The number of aliphatic hydroxyl groups excluding tert-OH is 1. The summed E-state index contributed by atoms with van der Waals surface area (Å²) in [5, 5.41) is 10.6. The molecule has 7 atom stereocenters. The summed E-state index contributed by atoms with van der Waals surface area (Å²) in [6, 6.07) is 0. The highest BCUT2D eigenvalue weighted by Gasteiger charge is 2.30. The fourth-order valence-electron chi connectivity index (χ4n) is 11.8. The van der Waals surface area contributed by atoms with Gasteiger partial charge in [-0.05, 0) is 49.4 Å². The second-order valence-electron chi connectivity index (χ2n) is 29.5. The van der Waals surface area contributed by atoms with E-state index < -0.39 is 97.5 Å². The number of hydrogen-bond acceptors (Lipinski definition) is 15. The van der Waals surface area contributed by atoms with Crippen LogP contribution in [0.25, 0.3) is 0 Å². The second-order valence-corrected chi connectivity index (χ2v) is 32.4. The number of phosphoric acid groups is 2. The average molecular weight is 1420 g/mol. The highest BCUT2D eigenvalue weighted by atomic mass is 31.2. The highest BCUT2D eigenvalue weighted by molar-refractivity contribution is 7.47. The summed E-state index contributed by atoms with van der Waals surface area (Å²) in [6.45, 7) is 14.3. The van der Waals surface area contributed by atoms with Crippen molar-refractivity contribution in [3.63, 3.8) is 0 Å². The van der Waals surface area contributed by atoms with Gasteiger partial charge in [0.1, 0.15) is 19.3 Å². The molecule has 3 N–H and O–H groups in total. The number of phosphoric ester groups is 2. The van der Waals surface area contributed by atoms with Crippen LogP contribution in [0, 0.1) is 23.7 Å². The molecule has 0 amide bonds. The molecule has 0 aromatic carbocycles. The monoisotopic (exact) mass is 1420 g/mol. The molecule has 4 unspecified atom stereocenters. The zero-order chi connectivity index (χ0) is 71.7. The van der Waals surface area contributed by atoms with E-state index in [1.165, 1.54) is 199 Å². The van der Waals surface area contributed by atoms with E-state index in [2.05, 4.69) is 55.4 Å². The van der Waals surface area contributed by atoms with Gasteiger partial charge in [-0.1, -0.05) is 344 Å². The van der Waals surface area contributed by atoms with Gasteiger partial charge in [-0.15, -0.1) is 0 Å². The molecule has 0 fully saturated rings. The molecule has 0 radical (unpaired) electrons. The molecule has 576 valence electrons. The summed E-state index contributed by atoms with van der Waals surface area (Å²) >= 11 is 0. The Kier molecular flexibility index (Phi) is 65.9. The van der Waals surface area contributed by atoms with Crippen molar-refractivity contribution in [3.05, 3.63) is 0 Å². The zero-order valence-corrected chi connectivity index (χ0v) is 65.5. The Morgan fingerprint density at radius 1 is 0.289 bits per heavy atom. The summed E-state index contributed by atoms with van der Waals surface area (Å²) < 4.78 is 68.6. The lowest BCUT2D eigenvalue weighted by Crippen LogP contribution is -2.30. The topological polar surface area (TPSA) is 237 Å². The van der Waals surface area contributed by atoms with Gasteiger partial charge in [0.25, 0.3) is 0 Å². The molecule has 0 rings (SSSR count). The molecule has 0 aromatic heterocycles. The van der Waals surface area contributed by atoms with Crippen LogP contribution in [0.4, 0.5) is 0 Å². The lowest BCUT2D eigenvalue weighted by atomic mass is 9.99. The van der Waals surface area contributed by atoms with Crippen LogP contribution in [-0.4, -0.2) is 96.7 Å². The fraction of sp³-hybridized carbons (Fsp3) is 0.949. The minimum Gasteiger partial charge on any atom is -0.462 e. The first-order valence-corrected chi connectivity index (χ1v) is 43.3. The zero-order valence-electron chi connectivity index (χ0n) is 63.7. The number of carbonyl (C=O) groups is 4. The van der Waals surface area contributed by atoms with Gasteiger partial charge < -0.3 is 33.8 Å². The maximum atomic E-state index is 13.1. The van der Waals surface area contributed by atoms with Crippen molar-refractivity contribution in [2.24, 2.45) is 23.7 Å². The molecule has 0 aliphatic rings. The molecule has 0 heterocycles. The van der Waals surface area contributed by atoms with Crippen LogP contribution in [-0.2, 0) is 65.4 Å². The third-order valence-electron chi connectivity index (χ3n) is 18.8. The minimum absolute atomic E-state index is 0.104. The molecule has 0 spiro atoms. The lowest BCUT2D eigenvalue weighted by Gasteiger charge is -2.21. The van der Waals surface area contributed by atoms with E-state index in [0.29, 0.717) is 25.7 Å². The van der Waals surface area contributed by atoms with Crippen LogP contribution in [0.1, 0.15) is 396 Å². The van der Waals surface area contributed by atoms with Crippen LogP contribution in [0.5, 0.6) is 0 Å². The van der Waals surface area contributed by atoms with E-state index in [1.807, 2.05) is 0 Å². The second kappa shape index (κ2) is 67.2. The Bertz CT molecular complexity index is 1910. The summed E-state index contributed by atoms with van der Waals surface area (Å²) in [6.07, 6.45) is 52.6. The van der Waals surface area contributed by atoms with Crippen molar-refractivity contribution in [2.45, 2.75) is 414 Å². The highest BCUT2D eigenvalue weighted by Crippen LogP contribution is 2.45. The van der Waals surface area contributed by atoms with Crippen LogP contribution < -0.4 is 0 Å². The van der Waals surface area contributed by atoms with Gasteiger partial charge in [0.05, 0.1) is 26.4 Å². The van der Waals surface area contributed by atoms with Crippen molar-refractivity contribution < 1.29 is 80.2 Å². The van der Waals surface area contributed by atoms with Crippen LogP contribution in [0.15, 0.2) is 0 Å². The summed E-state index contributed by atoms with van der Waals surface area (Å²) in [4.78, 5) is 72.9. The third-order valence-corrected chi connectivity index (χ3v) is 20.7. The van der Waals surface area contributed by atoms with Gasteiger partial charge in [-0.3, -0.25) is 37.3 Å². The molecule has 0 saturated carbocycles. The molecule has 17 nitrogen and oxygen atoms in total. The van der Waals surface area contributed by atoms with Gasteiger partial charge in [-0.25, -0.2) is 9.13 Å². The molecule has 0 aliphatic heterocycles. The number of rotatable bonds is 75. The van der Waals surface area contributed by atoms with Gasteiger partial charge in [-0.2, -0.15) is 0 Å². The number of ether oxygens (including phenoxy) is 4. The molecule has 19 heteroatoms. The van der Waals surface area contributed by atoms with Gasteiger partial charge in [0, 0.05) is 25.7 Å². The molecule has 0 saturated heterocycles. The minimum atomic E-state index is -4.96. The molecule has 0 aliphatic carbocycles. The van der Waals surface area contributed by atoms with Crippen molar-refractivity contribution in [1.29, 1.82) is 0 Å². The first-order valence-electron chi connectivity index (χ1n) is 40.3. The number of aliphatic hydroxyl groups is 1. The molecule has 0 bridgehead atoms. The summed E-state index contributed by atoms with van der Waals surface area (Å²) in [7, 11) is -9.92. The van der Waals surface area contributed by atoms with E-state index in [1.54, 1.807) is 0 Å². The maximum absolute atomic E-state index is 13.1. The van der Waals surface area contributed by atoms with E-state index in [0.717, 1.165) is 114 Å². The number of esters is 4. The van der Waals surface area contributed by atoms with Crippen LogP contribution in [0.3, 0.4) is 0 Å². The number of hydrogen-bond donors (Lipinski definition) is 3. The Labute approximate surface area is 594 Å². The van der Waals surface area contributed by atoms with E-state index >= 15 is 0 Å². The number of carbonyl (C=O) groups excluding carboxylic acids is 4. The first-order chi connectivity index (χ1) is 46.7. The van der Waals surface area contributed by atoms with Crippen LogP contribution in [0.2, 0.25) is 0 Å². The Morgan fingerprint density at radius 3 is 0.732 bits per heavy atom. The van der Waals surface area contributed by atoms with E-state index in [9.17, 15) is 43.2 Å². The Morgan fingerprint density at radius 2 is 0.495 bits per heavy atom. The van der Waals surface area contributed by atoms with Crippen molar-refractivity contribution in [1.82, 2.24) is 0 Å². The predicted octanol–water partition coefficient (Wildman–Crippen LogP) is 22.8. The lowest BCUT2D eigenvalue weighted by molar-refractivity contribution is -0.161. The van der Waals surface area contributed by atoms with Crippen molar-refractivity contribution >= 4 is 39.5 Å². The molecule has 97 heavy (non-hydrogen) atoms. The average Bonchev–Trinajstić information content (AvgIpc) is 1.10. The predicted molar refractivity (Wildman–Crippen MR) is 395 cm³/mol. The normalized spacial score (nSPS) is 14.6. The smallest absolute Gasteiger partial charge is 0.462 e. The van der Waals surface area contributed by atoms with E-state index in [4.69, 9.17) is 37.0 Å². The van der Waals surface area contributed by atoms with E-state index in [-0.39, 0.29) is 25.7 Å². The Hall–Kier alpha value is -1.94. The third kappa shape index (κ3) is 69.5. The molecular weight excluding hydrogens is 1270 g/mol. The summed E-state index contributed by atoms with van der Waals surface area (Å²) in [5.41, 5.74) is 0. The van der Waals surface area contributed by atoms with Crippen molar-refractivity contribution in [2.75, 3.05) is 39.6 Å². The van der Waals surface area contributed by atoms with Gasteiger partial charge >= 0.3 is 39.5 Å².